The summed E-state index contributed by atoms with van der Waals surface area (Å²) in [5.41, 5.74) is 0.170. The molecule has 0 amide bonds. The molecule has 4 heteroatoms. The highest BCUT2D eigenvalue weighted by Crippen LogP contribution is 2.16. The van der Waals surface area contributed by atoms with E-state index < -0.39 is 5.97 Å². The normalized spacial score (nSPS) is 11.1. The molecule has 0 aliphatic carbocycles. The lowest BCUT2D eigenvalue weighted by Crippen LogP contribution is -2.30. The van der Waals surface area contributed by atoms with E-state index >= 15 is 0 Å². The summed E-state index contributed by atoms with van der Waals surface area (Å²) >= 11 is 0. The smallest absolute Gasteiger partial charge is 0.335 e. The van der Waals surface area contributed by atoms with Crippen molar-refractivity contribution in [3.8, 4) is 0 Å². The van der Waals surface area contributed by atoms with E-state index in [1.807, 2.05) is 13.8 Å². The first-order valence-corrected chi connectivity index (χ1v) is 4.92. The Labute approximate surface area is 89.3 Å². The highest BCUT2D eigenvalue weighted by molar-refractivity contribution is 5.88. The molecule has 1 rings (SSSR count). The zero-order chi connectivity index (χ0) is 11.5. The maximum absolute atomic E-state index is 10.7. The van der Waals surface area contributed by atoms with Crippen LogP contribution in [-0.4, -0.2) is 21.6 Å². The van der Waals surface area contributed by atoms with Gasteiger partial charge in [0.05, 0.1) is 5.56 Å². The van der Waals surface area contributed by atoms with Crippen molar-refractivity contribution in [2.24, 2.45) is 0 Å². The summed E-state index contributed by atoms with van der Waals surface area (Å²) in [7, 11) is 0. The second kappa shape index (κ2) is 4.29. The van der Waals surface area contributed by atoms with Crippen molar-refractivity contribution in [2.45, 2.75) is 32.7 Å². The van der Waals surface area contributed by atoms with Crippen LogP contribution >= 0.6 is 0 Å². The van der Waals surface area contributed by atoms with Crippen molar-refractivity contribution in [3.63, 3.8) is 0 Å². The van der Waals surface area contributed by atoms with Crippen molar-refractivity contribution >= 4 is 11.8 Å². The van der Waals surface area contributed by atoms with Crippen molar-refractivity contribution in [1.29, 1.82) is 0 Å². The van der Waals surface area contributed by atoms with Crippen LogP contribution in [0.4, 0.5) is 5.82 Å². The summed E-state index contributed by atoms with van der Waals surface area (Å²) in [4.78, 5) is 14.8. The van der Waals surface area contributed by atoms with Gasteiger partial charge in [-0.1, -0.05) is 6.92 Å². The van der Waals surface area contributed by atoms with Gasteiger partial charge in [-0.2, -0.15) is 0 Å². The number of hydrogen-bond donors (Lipinski definition) is 2. The van der Waals surface area contributed by atoms with E-state index in [1.165, 1.54) is 12.3 Å². The Bertz CT molecular complexity index is 361. The van der Waals surface area contributed by atoms with E-state index in [2.05, 4.69) is 17.2 Å². The van der Waals surface area contributed by atoms with Crippen molar-refractivity contribution in [2.75, 3.05) is 5.32 Å². The molecule has 0 spiro atoms. The summed E-state index contributed by atoms with van der Waals surface area (Å²) in [6.45, 7) is 6.15. The Morgan fingerprint density at radius 1 is 1.60 bits per heavy atom. The molecule has 0 atom stereocenters. The van der Waals surface area contributed by atoms with Gasteiger partial charge in [-0.3, -0.25) is 0 Å². The molecule has 4 nitrogen and oxygen atoms in total. The number of rotatable bonds is 4. The minimum absolute atomic E-state index is 0.0792. The van der Waals surface area contributed by atoms with Crippen LogP contribution in [-0.2, 0) is 0 Å². The van der Waals surface area contributed by atoms with E-state index in [9.17, 15) is 4.79 Å². The Kier molecular flexibility index (Phi) is 3.29. The molecule has 0 saturated carbocycles. The fourth-order valence-electron chi connectivity index (χ4n) is 1.07. The number of anilines is 1. The van der Waals surface area contributed by atoms with Crippen LogP contribution in [0.5, 0.6) is 0 Å². The molecule has 0 aromatic carbocycles. The molecule has 2 N–H and O–H groups in total. The Morgan fingerprint density at radius 3 is 2.80 bits per heavy atom. The van der Waals surface area contributed by atoms with E-state index in [0.717, 1.165) is 6.42 Å². The van der Waals surface area contributed by atoms with Gasteiger partial charge in [0.2, 0.25) is 0 Å². The highest BCUT2D eigenvalue weighted by Gasteiger charge is 2.15. The fourth-order valence-corrected chi connectivity index (χ4v) is 1.07. The van der Waals surface area contributed by atoms with E-state index in [-0.39, 0.29) is 11.1 Å². The molecule has 0 unspecified atom stereocenters. The third kappa shape index (κ3) is 3.23. The number of aromatic nitrogens is 1. The molecule has 0 radical (unpaired) electrons. The number of carboxylic acids is 1. The first-order valence-electron chi connectivity index (χ1n) is 4.92. The monoisotopic (exact) mass is 208 g/mol. The summed E-state index contributed by atoms with van der Waals surface area (Å²) in [5.74, 6) is -0.337. The first-order chi connectivity index (χ1) is 6.94. The molecule has 0 bridgehead atoms. The molecule has 1 aromatic rings. The van der Waals surface area contributed by atoms with Gasteiger partial charge in [-0.15, -0.1) is 0 Å². The number of nitrogens with one attached hydrogen (secondary N) is 1. The van der Waals surface area contributed by atoms with Crippen LogP contribution in [0.15, 0.2) is 18.3 Å². The lowest BCUT2D eigenvalue weighted by molar-refractivity contribution is 0.0697. The maximum Gasteiger partial charge on any atom is 0.335 e. The standard InChI is InChI=1S/C11H16N2O2/c1-4-11(2,3)13-9-7-8(10(14)15)5-6-12-9/h5-7H,4H2,1-3H3,(H,12,13)(H,14,15). The average molecular weight is 208 g/mol. The number of aromatic carboxylic acids is 1. The molecular weight excluding hydrogens is 192 g/mol. The van der Waals surface area contributed by atoms with Gasteiger partial charge in [0.15, 0.2) is 0 Å². The van der Waals surface area contributed by atoms with E-state index in [0.29, 0.717) is 5.82 Å². The van der Waals surface area contributed by atoms with Crippen molar-refractivity contribution in [3.05, 3.63) is 23.9 Å². The van der Waals surface area contributed by atoms with Gasteiger partial charge < -0.3 is 10.4 Å². The summed E-state index contributed by atoms with van der Waals surface area (Å²) < 4.78 is 0. The second-order valence-corrected chi connectivity index (χ2v) is 4.10. The molecule has 0 aliphatic rings. The average Bonchev–Trinajstić information content (AvgIpc) is 2.17. The van der Waals surface area contributed by atoms with Crippen LogP contribution in [0.2, 0.25) is 0 Å². The molecule has 0 aliphatic heterocycles. The van der Waals surface area contributed by atoms with E-state index in [1.54, 1.807) is 6.07 Å². The third-order valence-electron chi connectivity index (χ3n) is 2.36. The topological polar surface area (TPSA) is 62.2 Å². The minimum Gasteiger partial charge on any atom is -0.478 e. The highest BCUT2D eigenvalue weighted by atomic mass is 16.4. The van der Waals surface area contributed by atoms with Gasteiger partial charge in [0.1, 0.15) is 5.82 Å². The quantitative estimate of drug-likeness (QED) is 0.797. The molecule has 0 saturated heterocycles. The number of nitrogens with zero attached hydrogens (tertiary/aromatic N) is 1. The van der Waals surface area contributed by atoms with Crippen molar-refractivity contribution < 1.29 is 9.90 Å². The molecule has 1 aromatic heterocycles. The zero-order valence-electron chi connectivity index (χ0n) is 9.24. The summed E-state index contributed by atoms with van der Waals surface area (Å²) in [5, 5.41) is 12.0. The molecular formula is C11H16N2O2. The van der Waals surface area contributed by atoms with Crippen LogP contribution in [0, 0.1) is 0 Å². The van der Waals surface area contributed by atoms with Gasteiger partial charge in [-0.25, -0.2) is 9.78 Å². The zero-order valence-corrected chi connectivity index (χ0v) is 9.24. The summed E-state index contributed by atoms with van der Waals surface area (Å²) in [6, 6.07) is 3.02. The predicted octanol–water partition coefficient (Wildman–Crippen LogP) is 2.38. The number of hydrogen-bond acceptors (Lipinski definition) is 3. The minimum atomic E-state index is -0.935. The van der Waals surface area contributed by atoms with Gasteiger partial charge in [0.25, 0.3) is 0 Å². The van der Waals surface area contributed by atoms with Gasteiger partial charge in [0, 0.05) is 11.7 Å². The van der Waals surface area contributed by atoms with Crippen LogP contribution in [0.25, 0.3) is 0 Å². The second-order valence-electron chi connectivity index (χ2n) is 4.10. The molecule has 15 heavy (non-hydrogen) atoms. The lowest BCUT2D eigenvalue weighted by atomic mass is 10.0. The SMILES string of the molecule is CCC(C)(C)Nc1cc(C(=O)O)ccn1. The Hall–Kier alpha value is -1.58. The first kappa shape index (κ1) is 11.5. The van der Waals surface area contributed by atoms with Crippen LogP contribution in [0.3, 0.4) is 0 Å². The predicted molar refractivity (Wildman–Crippen MR) is 59.2 cm³/mol. The lowest BCUT2D eigenvalue weighted by Gasteiger charge is -2.25. The Balaban J connectivity index is 2.87. The molecule has 0 fully saturated rings. The fraction of sp³-hybridized carbons (Fsp3) is 0.455. The largest absolute Gasteiger partial charge is 0.478 e. The van der Waals surface area contributed by atoms with Crippen LogP contribution in [0.1, 0.15) is 37.6 Å². The number of pyridine rings is 1. The number of carboxylic acid groups (broad SMARTS) is 1. The Morgan fingerprint density at radius 2 is 2.27 bits per heavy atom. The van der Waals surface area contributed by atoms with Gasteiger partial charge in [-0.05, 0) is 32.4 Å². The molecule has 1 heterocycles. The van der Waals surface area contributed by atoms with Gasteiger partial charge >= 0.3 is 5.97 Å². The van der Waals surface area contributed by atoms with Crippen molar-refractivity contribution in [1.82, 2.24) is 4.98 Å². The molecule has 82 valence electrons. The maximum atomic E-state index is 10.7. The number of carbonyl (C=O) groups is 1. The third-order valence-corrected chi connectivity index (χ3v) is 2.36. The van der Waals surface area contributed by atoms with Crippen LogP contribution < -0.4 is 5.32 Å². The summed E-state index contributed by atoms with van der Waals surface area (Å²) in [6.07, 6.45) is 2.43. The van der Waals surface area contributed by atoms with E-state index in [4.69, 9.17) is 5.11 Å².